The van der Waals surface area contributed by atoms with Crippen LogP contribution >= 0.6 is 11.8 Å². The summed E-state index contributed by atoms with van der Waals surface area (Å²) in [5, 5.41) is 12.1. The van der Waals surface area contributed by atoms with Crippen LogP contribution in [0.1, 0.15) is 13.8 Å². The summed E-state index contributed by atoms with van der Waals surface area (Å²) in [4.78, 5) is 31.5. The fourth-order valence-electron chi connectivity index (χ4n) is 0.509. The molecule has 7 heteroatoms. The number of carbonyl (C=O) groups is 3. The van der Waals surface area contributed by atoms with E-state index in [9.17, 15) is 19.5 Å². The maximum absolute atomic E-state index is 10.9. The average molecular weight is 227 g/mol. The second kappa shape index (κ2) is 8.28. The molecule has 74 valence electrons. The van der Waals surface area contributed by atoms with E-state index in [0.29, 0.717) is 0 Å². The van der Waals surface area contributed by atoms with Gasteiger partial charge in [-0.15, -0.1) is 0 Å². The molecule has 0 heterocycles. The summed E-state index contributed by atoms with van der Waals surface area (Å²) in [6, 6.07) is -1.03. The Morgan fingerprint density at radius 1 is 1.43 bits per heavy atom. The normalized spacial score (nSPS) is 11.0. The summed E-state index contributed by atoms with van der Waals surface area (Å²) in [7, 11) is 0. The molecule has 0 radical (unpaired) electrons. The number of hydrogen-bond donors (Lipinski definition) is 1. The molecule has 0 aromatic heterocycles. The van der Waals surface area contributed by atoms with Crippen LogP contribution in [0.25, 0.3) is 0 Å². The minimum atomic E-state index is -1.35. The molecule has 0 aromatic carbocycles. The second-order valence-corrected chi connectivity index (χ2v) is 3.54. The van der Waals surface area contributed by atoms with Gasteiger partial charge in [0, 0.05) is 6.92 Å². The van der Waals surface area contributed by atoms with Gasteiger partial charge >= 0.3 is 29.6 Å². The second-order valence-electron chi connectivity index (χ2n) is 2.39. The van der Waals surface area contributed by atoms with E-state index in [1.54, 1.807) is 0 Å². The Kier molecular flexibility index (Phi) is 9.70. The Balaban J connectivity index is 0. The molecule has 1 atom stereocenters. The van der Waals surface area contributed by atoms with E-state index < -0.39 is 17.9 Å². The van der Waals surface area contributed by atoms with Crippen molar-refractivity contribution in [2.75, 3.05) is 5.75 Å². The Labute approximate surface area is 108 Å². The Bertz CT molecular complexity index is 234. The third-order valence-corrected chi connectivity index (χ3v) is 1.95. The smallest absolute Gasteiger partial charge is 0.548 e. The Hall–Kier alpha value is -0.0400. The SMILES string of the molecule is CC(=O)SCC(=O)NC(C)C(=O)[O-].[Na+]. The summed E-state index contributed by atoms with van der Waals surface area (Å²) < 4.78 is 0. The van der Waals surface area contributed by atoms with Gasteiger partial charge in [-0.05, 0) is 6.92 Å². The van der Waals surface area contributed by atoms with Gasteiger partial charge in [-0.25, -0.2) is 0 Å². The van der Waals surface area contributed by atoms with E-state index in [0.717, 1.165) is 11.8 Å². The van der Waals surface area contributed by atoms with Gasteiger partial charge in [0.25, 0.3) is 0 Å². The van der Waals surface area contributed by atoms with Crippen LogP contribution in [-0.2, 0) is 14.4 Å². The molecule has 0 rings (SSSR count). The van der Waals surface area contributed by atoms with Crippen molar-refractivity contribution in [2.45, 2.75) is 19.9 Å². The Morgan fingerprint density at radius 3 is 2.29 bits per heavy atom. The molecule has 1 N–H and O–H groups in total. The van der Waals surface area contributed by atoms with Crippen LogP contribution in [0.4, 0.5) is 0 Å². The van der Waals surface area contributed by atoms with Gasteiger partial charge in [0.2, 0.25) is 5.91 Å². The van der Waals surface area contributed by atoms with Crippen molar-refractivity contribution in [1.29, 1.82) is 0 Å². The van der Waals surface area contributed by atoms with Crippen LogP contribution in [-0.4, -0.2) is 28.8 Å². The number of amides is 1. The molecule has 0 saturated heterocycles. The van der Waals surface area contributed by atoms with E-state index in [2.05, 4.69) is 5.32 Å². The minimum absolute atomic E-state index is 0. The van der Waals surface area contributed by atoms with Crippen LogP contribution in [0.2, 0.25) is 0 Å². The quantitative estimate of drug-likeness (QED) is 0.489. The number of carboxylic acids is 1. The molecule has 0 fully saturated rings. The van der Waals surface area contributed by atoms with Crippen molar-refractivity contribution in [3.8, 4) is 0 Å². The van der Waals surface area contributed by atoms with Crippen molar-refractivity contribution in [3.63, 3.8) is 0 Å². The van der Waals surface area contributed by atoms with Crippen molar-refractivity contribution >= 4 is 28.8 Å². The van der Waals surface area contributed by atoms with E-state index >= 15 is 0 Å². The zero-order chi connectivity index (χ0) is 10.4. The van der Waals surface area contributed by atoms with Crippen LogP contribution in [0, 0.1) is 0 Å². The fourth-order valence-corrected chi connectivity index (χ4v) is 0.927. The van der Waals surface area contributed by atoms with Crippen LogP contribution < -0.4 is 40.0 Å². The Morgan fingerprint density at radius 2 is 1.93 bits per heavy atom. The topological polar surface area (TPSA) is 86.3 Å². The maximum atomic E-state index is 10.9. The van der Waals surface area contributed by atoms with Crippen LogP contribution in [0.3, 0.4) is 0 Å². The number of thioether (sulfide) groups is 1. The molecule has 0 aliphatic carbocycles. The van der Waals surface area contributed by atoms with E-state index in [1.165, 1.54) is 13.8 Å². The van der Waals surface area contributed by atoms with Crippen LogP contribution in [0.5, 0.6) is 0 Å². The van der Waals surface area contributed by atoms with Crippen molar-refractivity contribution in [3.05, 3.63) is 0 Å². The summed E-state index contributed by atoms with van der Waals surface area (Å²) in [5.74, 6) is -1.90. The average Bonchev–Trinajstić information content (AvgIpc) is 2.00. The first kappa shape index (κ1) is 16.4. The van der Waals surface area contributed by atoms with E-state index in [4.69, 9.17) is 0 Å². The first-order valence-corrected chi connectivity index (χ1v) is 4.55. The molecule has 1 amide bonds. The molecule has 0 spiro atoms. The molecule has 0 aliphatic rings. The van der Waals surface area contributed by atoms with Gasteiger partial charge in [-0.1, -0.05) is 11.8 Å². The number of carboxylic acid groups (broad SMARTS) is 1. The zero-order valence-electron chi connectivity index (χ0n) is 8.33. The summed E-state index contributed by atoms with van der Waals surface area (Å²) in [6.45, 7) is 2.63. The molecule has 1 unspecified atom stereocenters. The minimum Gasteiger partial charge on any atom is -0.548 e. The molecule has 5 nitrogen and oxygen atoms in total. The fraction of sp³-hybridized carbons (Fsp3) is 0.571. The molecule has 14 heavy (non-hydrogen) atoms. The summed E-state index contributed by atoms with van der Waals surface area (Å²) >= 11 is 0.829. The molecule has 0 aromatic rings. The standard InChI is InChI=1S/C7H11NO4S.Na/c1-4(7(11)12)8-6(10)3-13-5(2)9;/h4H,3H2,1-2H3,(H,8,10)(H,11,12);/q;+1/p-1. The predicted octanol–water partition coefficient (Wildman–Crippen LogP) is -4.48. The zero-order valence-corrected chi connectivity index (χ0v) is 11.1. The molecule has 0 aliphatic heterocycles. The van der Waals surface area contributed by atoms with Gasteiger partial charge < -0.3 is 15.2 Å². The van der Waals surface area contributed by atoms with Gasteiger partial charge in [0.05, 0.1) is 17.8 Å². The van der Waals surface area contributed by atoms with Crippen molar-refractivity contribution in [2.24, 2.45) is 0 Å². The van der Waals surface area contributed by atoms with E-state index in [1.807, 2.05) is 0 Å². The molecule has 0 bridgehead atoms. The third kappa shape index (κ3) is 8.55. The number of rotatable bonds is 4. The first-order chi connectivity index (χ1) is 5.93. The van der Waals surface area contributed by atoms with Gasteiger partial charge in [-0.2, -0.15) is 0 Å². The predicted molar refractivity (Wildman–Crippen MR) is 45.8 cm³/mol. The number of nitrogens with one attached hydrogen (secondary N) is 1. The number of aliphatic carboxylic acids is 1. The largest absolute Gasteiger partial charge is 1.00 e. The molecular weight excluding hydrogens is 217 g/mol. The molecule has 0 saturated carbocycles. The maximum Gasteiger partial charge on any atom is 1.00 e. The van der Waals surface area contributed by atoms with Gasteiger partial charge in [0.15, 0.2) is 5.12 Å². The third-order valence-electron chi connectivity index (χ3n) is 1.14. The monoisotopic (exact) mass is 227 g/mol. The van der Waals surface area contributed by atoms with Gasteiger partial charge in [-0.3, -0.25) is 9.59 Å². The summed E-state index contributed by atoms with van der Waals surface area (Å²) in [6.07, 6.45) is 0. The van der Waals surface area contributed by atoms with Crippen molar-refractivity contribution in [1.82, 2.24) is 5.32 Å². The molecular formula is C7H10NNaO4S. The van der Waals surface area contributed by atoms with Gasteiger partial charge in [0.1, 0.15) is 0 Å². The summed E-state index contributed by atoms with van der Waals surface area (Å²) in [5.41, 5.74) is 0. The number of carbonyl (C=O) groups excluding carboxylic acids is 3. The van der Waals surface area contributed by atoms with Crippen molar-refractivity contribution < 1.29 is 49.0 Å². The number of hydrogen-bond acceptors (Lipinski definition) is 5. The van der Waals surface area contributed by atoms with E-state index in [-0.39, 0.29) is 40.4 Å². The van der Waals surface area contributed by atoms with Crippen LogP contribution in [0.15, 0.2) is 0 Å². The first-order valence-electron chi connectivity index (χ1n) is 3.57.